The molecule has 1 N–H and O–H groups in total. The second-order valence-corrected chi connectivity index (χ2v) is 6.06. The quantitative estimate of drug-likeness (QED) is 0.594. The van der Waals surface area contributed by atoms with Crippen molar-refractivity contribution in [3.8, 4) is 0 Å². The molecule has 0 aliphatic carbocycles. The highest BCUT2D eigenvalue weighted by molar-refractivity contribution is 7.90. The normalized spacial score (nSPS) is 11.6. The number of carbonyl (C=O) groups excluding carboxylic acids is 1. The molecule has 20 heavy (non-hydrogen) atoms. The van der Waals surface area contributed by atoms with Gasteiger partial charge in [-0.15, -0.1) is 0 Å². The fourth-order valence-electron chi connectivity index (χ4n) is 2.37. The molecule has 0 aliphatic heterocycles. The van der Waals surface area contributed by atoms with E-state index < -0.39 is 10.0 Å². The Kier molecular flexibility index (Phi) is 2.91. The molecule has 0 atom stereocenters. The van der Waals surface area contributed by atoms with E-state index in [1.54, 1.807) is 12.1 Å². The molecule has 0 saturated heterocycles. The maximum atomic E-state index is 12.0. The van der Waals surface area contributed by atoms with Gasteiger partial charge < -0.3 is 0 Å². The highest BCUT2D eigenvalue weighted by atomic mass is 32.2. The average molecular weight is 285 g/mol. The smallest absolute Gasteiger partial charge is 0.264 e. The zero-order chi connectivity index (χ0) is 14.2. The molecule has 0 spiro atoms. The lowest BCUT2D eigenvalue weighted by Gasteiger charge is -2.09. The summed E-state index contributed by atoms with van der Waals surface area (Å²) in [6, 6.07) is 16.4. The van der Waals surface area contributed by atoms with E-state index in [9.17, 15) is 13.2 Å². The van der Waals surface area contributed by atoms with Crippen LogP contribution in [0.15, 0.2) is 59.5 Å². The number of sulfonamides is 1. The van der Waals surface area contributed by atoms with Crippen LogP contribution >= 0.6 is 0 Å². The summed E-state index contributed by atoms with van der Waals surface area (Å²) in [5, 5.41) is 3.46. The number of amides is 1. The number of rotatable bonds is 3. The van der Waals surface area contributed by atoms with Gasteiger partial charge in [0.1, 0.15) is 0 Å². The molecule has 3 aromatic rings. The summed E-state index contributed by atoms with van der Waals surface area (Å²) in [5.74, 6) is 0. The van der Waals surface area contributed by atoms with Crippen molar-refractivity contribution >= 4 is 38.0 Å². The average Bonchev–Trinajstić information content (AvgIpc) is 2.46. The standard InChI is InChI=1S/C15H11NO3S/c17-10-16-20(18,19)15-7-3-6-13-12-5-2-1-4-11(12)8-9-14(13)15/h1-10H,(H,16,17). The molecule has 5 heteroatoms. The highest BCUT2D eigenvalue weighted by Crippen LogP contribution is 2.29. The van der Waals surface area contributed by atoms with Crippen molar-refractivity contribution < 1.29 is 13.2 Å². The predicted octanol–water partition coefficient (Wildman–Crippen LogP) is 2.43. The molecule has 4 nitrogen and oxygen atoms in total. The molecule has 3 aromatic carbocycles. The molecule has 3 rings (SSSR count). The summed E-state index contributed by atoms with van der Waals surface area (Å²) in [6.07, 6.45) is 0.176. The largest absolute Gasteiger partial charge is 0.278 e. The van der Waals surface area contributed by atoms with Crippen LogP contribution in [0, 0.1) is 0 Å². The van der Waals surface area contributed by atoms with Gasteiger partial charge in [0, 0.05) is 5.39 Å². The first-order valence-corrected chi connectivity index (χ1v) is 7.48. The van der Waals surface area contributed by atoms with Crippen molar-refractivity contribution in [3.63, 3.8) is 0 Å². The summed E-state index contributed by atoms with van der Waals surface area (Å²) < 4.78 is 25.9. The Bertz CT molecular complexity index is 917. The van der Waals surface area contributed by atoms with Crippen molar-refractivity contribution in [1.29, 1.82) is 0 Å². The third-order valence-corrected chi connectivity index (χ3v) is 4.58. The Morgan fingerprint density at radius 1 is 0.800 bits per heavy atom. The fourth-order valence-corrected chi connectivity index (χ4v) is 3.35. The van der Waals surface area contributed by atoms with E-state index in [2.05, 4.69) is 0 Å². The Hall–Kier alpha value is -2.40. The second-order valence-electron chi connectivity index (χ2n) is 4.38. The van der Waals surface area contributed by atoms with Gasteiger partial charge in [-0.3, -0.25) is 9.52 Å². The highest BCUT2D eigenvalue weighted by Gasteiger charge is 2.16. The van der Waals surface area contributed by atoms with Crippen LogP contribution < -0.4 is 4.72 Å². The van der Waals surface area contributed by atoms with Crippen molar-refractivity contribution in [3.05, 3.63) is 54.6 Å². The third kappa shape index (κ3) is 1.92. The lowest BCUT2D eigenvalue weighted by Crippen LogP contribution is -2.21. The molecule has 1 amide bonds. The van der Waals surface area contributed by atoms with Crippen LogP contribution in [0.3, 0.4) is 0 Å². The van der Waals surface area contributed by atoms with Crippen molar-refractivity contribution in [2.45, 2.75) is 4.90 Å². The monoisotopic (exact) mass is 285 g/mol. The van der Waals surface area contributed by atoms with Gasteiger partial charge in [-0.2, -0.15) is 0 Å². The molecule has 0 aromatic heterocycles. The second kappa shape index (κ2) is 4.61. The number of nitrogens with one attached hydrogen (secondary N) is 1. The number of carbonyl (C=O) groups is 1. The van der Waals surface area contributed by atoms with Gasteiger partial charge in [0.05, 0.1) is 4.90 Å². The Labute approximate surface area is 116 Å². The predicted molar refractivity (Wildman–Crippen MR) is 77.8 cm³/mol. The zero-order valence-corrected chi connectivity index (χ0v) is 11.2. The SMILES string of the molecule is O=CNS(=O)(=O)c1cccc2c1ccc1ccccc12. The Morgan fingerprint density at radius 3 is 2.35 bits per heavy atom. The van der Waals surface area contributed by atoms with Gasteiger partial charge in [0.15, 0.2) is 0 Å². The van der Waals surface area contributed by atoms with Crippen LogP contribution in [-0.4, -0.2) is 14.8 Å². The summed E-state index contributed by atoms with van der Waals surface area (Å²) in [5.41, 5.74) is 0. The molecule has 0 saturated carbocycles. The summed E-state index contributed by atoms with van der Waals surface area (Å²) in [7, 11) is -3.82. The van der Waals surface area contributed by atoms with Crippen LogP contribution in [0.1, 0.15) is 0 Å². The van der Waals surface area contributed by atoms with Gasteiger partial charge in [0.25, 0.3) is 10.0 Å². The van der Waals surface area contributed by atoms with Gasteiger partial charge in [-0.05, 0) is 22.2 Å². The first-order valence-electron chi connectivity index (χ1n) is 6.00. The first kappa shape index (κ1) is 12.6. The van der Waals surface area contributed by atoms with Gasteiger partial charge in [-0.1, -0.05) is 48.5 Å². The van der Waals surface area contributed by atoms with Crippen molar-refractivity contribution in [1.82, 2.24) is 4.72 Å². The Balaban J connectivity index is 2.42. The molecule has 0 radical (unpaired) electrons. The maximum Gasteiger partial charge on any atom is 0.264 e. The number of hydrogen-bond acceptors (Lipinski definition) is 3. The van der Waals surface area contributed by atoms with Gasteiger partial charge in [-0.25, -0.2) is 8.42 Å². The van der Waals surface area contributed by atoms with E-state index >= 15 is 0 Å². The molecule has 0 heterocycles. The number of fused-ring (bicyclic) bond motifs is 3. The summed E-state index contributed by atoms with van der Waals surface area (Å²) in [4.78, 5) is 10.6. The third-order valence-electron chi connectivity index (χ3n) is 3.24. The van der Waals surface area contributed by atoms with Gasteiger partial charge in [0.2, 0.25) is 6.41 Å². The van der Waals surface area contributed by atoms with Crippen LogP contribution in [-0.2, 0) is 14.8 Å². The fraction of sp³-hybridized carbons (Fsp3) is 0. The summed E-state index contributed by atoms with van der Waals surface area (Å²) >= 11 is 0. The molecule has 100 valence electrons. The molecule has 0 fully saturated rings. The first-order chi connectivity index (χ1) is 9.63. The topological polar surface area (TPSA) is 63.2 Å². The van der Waals surface area contributed by atoms with E-state index in [0.717, 1.165) is 16.2 Å². The van der Waals surface area contributed by atoms with Crippen LogP contribution in [0.5, 0.6) is 0 Å². The van der Waals surface area contributed by atoms with E-state index in [4.69, 9.17) is 0 Å². The molecular weight excluding hydrogens is 274 g/mol. The molecule has 0 bridgehead atoms. The molecule has 0 unspecified atom stereocenters. The lowest BCUT2D eigenvalue weighted by atomic mass is 10.0. The van der Waals surface area contributed by atoms with Crippen LogP contribution in [0.4, 0.5) is 0 Å². The lowest BCUT2D eigenvalue weighted by molar-refractivity contribution is -0.108. The summed E-state index contributed by atoms with van der Waals surface area (Å²) in [6.45, 7) is 0. The van der Waals surface area contributed by atoms with Crippen LogP contribution in [0.25, 0.3) is 21.5 Å². The number of hydrogen-bond donors (Lipinski definition) is 1. The van der Waals surface area contributed by atoms with Crippen molar-refractivity contribution in [2.24, 2.45) is 0 Å². The minimum atomic E-state index is -3.82. The van der Waals surface area contributed by atoms with E-state index in [-0.39, 0.29) is 11.3 Å². The maximum absolute atomic E-state index is 12.0. The van der Waals surface area contributed by atoms with Crippen molar-refractivity contribution in [2.75, 3.05) is 0 Å². The minimum Gasteiger partial charge on any atom is -0.278 e. The minimum absolute atomic E-state index is 0.104. The molecule has 0 aliphatic rings. The van der Waals surface area contributed by atoms with E-state index in [1.807, 2.05) is 41.1 Å². The van der Waals surface area contributed by atoms with E-state index in [0.29, 0.717) is 5.39 Å². The Morgan fingerprint density at radius 2 is 1.55 bits per heavy atom. The van der Waals surface area contributed by atoms with Crippen LogP contribution in [0.2, 0.25) is 0 Å². The zero-order valence-electron chi connectivity index (χ0n) is 10.4. The van der Waals surface area contributed by atoms with Gasteiger partial charge >= 0.3 is 0 Å². The number of benzene rings is 3. The molecular formula is C15H11NO3S. The van der Waals surface area contributed by atoms with E-state index in [1.165, 1.54) is 6.07 Å².